The number of nitrogens with zero attached hydrogens (tertiary/aromatic N) is 1. The van der Waals surface area contributed by atoms with E-state index in [1.807, 2.05) is 24.3 Å². The molecule has 114 valence electrons. The molecule has 0 fully saturated rings. The molecule has 0 aliphatic carbocycles. The summed E-state index contributed by atoms with van der Waals surface area (Å²) in [5.74, 6) is -0.785. The molecule has 0 unspecified atom stereocenters. The third-order valence-electron chi connectivity index (χ3n) is 2.42. The predicted octanol–water partition coefficient (Wildman–Crippen LogP) is 1.44. The molecule has 0 saturated heterocycles. The lowest BCUT2D eigenvalue weighted by molar-refractivity contribution is -0.129. The fourth-order valence-electron chi connectivity index (χ4n) is 1.46. The minimum absolute atomic E-state index is 0.247. The van der Waals surface area contributed by atoms with Crippen LogP contribution in [0.1, 0.15) is 18.4 Å². The van der Waals surface area contributed by atoms with Crippen LogP contribution < -0.4 is 10.7 Å². The average Bonchev–Trinajstić information content (AvgIpc) is 2.43. The number of carbonyl (C=O) groups is 2. The van der Waals surface area contributed by atoms with Gasteiger partial charge in [0.25, 0.3) is 0 Å². The van der Waals surface area contributed by atoms with Crippen molar-refractivity contribution in [1.82, 2.24) is 10.7 Å². The van der Waals surface area contributed by atoms with Crippen LogP contribution in [0, 0.1) is 0 Å². The van der Waals surface area contributed by atoms with Gasteiger partial charge in [0.05, 0.1) is 6.21 Å². The number of ether oxygens (including phenoxy) is 1. The van der Waals surface area contributed by atoms with Crippen molar-refractivity contribution in [2.75, 3.05) is 20.3 Å². The summed E-state index contributed by atoms with van der Waals surface area (Å²) in [6.07, 6.45) is 1.98. The largest absolute Gasteiger partial charge is 0.385 e. The molecule has 0 heterocycles. The van der Waals surface area contributed by atoms with Crippen molar-refractivity contribution in [3.05, 3.63) is 34.3 Å². The van der Waals surface area contributed by atoms with E-state index in [1.165, 1.54) is 6.21 Å². The number of benzene rings is 1. The van der Waals surface area contributed by atoms with Gasteiger partial charge in [-0.2, -0.15) is 5.10 Å². The number of hydrogen-bond acceptors (Lipinski definition) is 4. The molecule has 0 aliphatic heterocycles. The summed E-state index contributed by atoms with van der Waals surface area (Å²) in [4.78, 5) is 22.9. The Kier molecular flexibility index (Phi) is 8.30. The molecule has 7 heteroatoms. The lowest BCUT2D eigenvalue weighted by atomic mass is 10.2. The van der Waals surface area contributed by atoms with E-state index >= 15 is 0 Å². The third kappa shape index (κ3) is 8.21. The van der Waals surface area contributed by atoms with E-state index in [0.29, 0.717) is 19.6 Å². The quantitative estimate of drug-likeness (QED) is 0.320. The summed E-state index contributed by atoms with van der Waals surface area (Å²) >= 11 is 3.34. The molecule has 1 aromatic carbocycles. The lowest BCUT2D eigenvalue weighted by Crippen LogP contribution is -2.30. The first kappa shape index (κ1) is 17.3. The topological polar surface area (TPSA) is 79.8 Å². The number of nitrogens with one attached hydrogen (secondary N) is 2. The second-order valence-electron chi connectivity index (χ2n) is 4.22. The second kappa shape index (κ2) is 10.1. The monoisotopic (exact) mass is 355 g/mol. The zero-order valence-corrected chi connectivity index (χ0v) is 13.4. The molecule has 1 rings (SSSR count). The Morgan fingerprint density at radius 3 is 2.90 bits per heavy atom. The number of rotatable bonds is 8. The van der Waals surface area contributed by atoms with Crippen LogP contribution in [-0.4, -0.2) is 38.3 Å². The van der Waals surface area contributed by atoms with Crippen molar-refractivity contribution in [2.24, 2.45) is 5.10 Å². The zero-order chi connectivity index (χ0) is 15.5. The maximum Gasteiger partial charge on any atom is 0.249 e. The van der Waals surface area contributed by atoms with Gasteiger partial charge in [-0.05, 0) is 24.1 Å². The summed E-state index contributed by atoms with van der Waals surface area (Å²) in [7, 11) is 1.60. The number of hydrazone groups is 1. The van der Waals surface area contributed by atoms with Crippen LogP contribution in [0.25, 0.3) is 0 Å². The Hall–Kier alpha value is -1.73. The van der Waals surface area contributed by atoms with Gasteiger partial charge in [0.1, 0.15) is 6.42 Å². The van der Waals surface area contributed by atoms with Crippen molar-refractivity contribution in [3.8, 4) is 0 Å². The molecule has 0 aliphatic rings. The standard InChI is InChI=1S/C14H18BrN3O3/c1-21-7-3-6-16-13(19)9-14(20)18-17-10-11-4-2-5-12(15)8-11/h2,4-5,8,10H,3,6-7,9H2,1H3,(H,16,19)(H,18,20)/b17-10-. The highest BCUT2D eigenvalue weighted by molar-refractivity contribution is 9.10. The van der Waals surface area contributed by atoms with Gasteiger partial charge in [-0.15, -0.1) is 0 Å². The fourth-order valence-corrected chi connectivity index (χ4v) is 1.87. The Morgan fingerprint density at radius 1 is 1.38 bits per heavy atom. The van der Waals surface area contributed by atoms with Gasteiger partial charge >= 0.3 is 0 Å². The highest BCUT2D eigenvalue weighted by Crippen LogP contribution is 2.09. The molecule has 0 bridgehead atoms. The van der Waals surface area contributed by atoms with Crippen molar-refractivity contribution in [3.63, 3.8) is 0 Å². The molecule has 1 aromatic rings. The summed E-state index contributed by atoms with van der Waals surface area (Å²) in [6.45, 7) is 1.06. The first-order valence-corrected chi connectivity index (χ1v) is 7.24. The van der Waals surface area contributed by atoms with E-state index in [-0.39, 0.29) is 12.3 Å². The first-order valence-electron chi connectivity index (χ1n) is 6.45. The molecule has 6 nitrogen and oxygen atoms in total. The Labute approximate surface area is 132 Å². The van der Waals surface area contributed by atoms with E-state index < -0.39 is 5.91 Å². The molecule has 2 N–H and O–H groups in total. The van der Waals surface area contributed by atoms with Gasteiger partial charge in [-0.1, -0.05) is 28.1 Å². The first-order chi connectivity index (χ1) is 10.1. The van der Waals surface area contributed by atoms with Crippen LogP contribution >= 0.6 is 15.9 Å². The Bertz CT molecular complexity index is 506. The maximum atomic E-state index is 11.5. The van der Waals surface area contributed by atoms with E-state index in [2.05, 4.69) is 31.8 Å². The normalized spacial score (nSPS) is 10.6. The summed E-state index contributed by atoms with van der Waals surface area (Å²) in [5.41, 5.74) is 3.15. The summed E-state index contributed by atoms with van der Waals surface area (Å²) in [5, 5.41) is 6.43. The number of halogens is 1. The Balaban J connectivity index is 2.25. The smallest absolute Gasteiger partial charge is 0.249 e. The van der Waals surface area contributed by atoms with Gasteiger partial charge in [-0.25, -0.2) is 5.43 Å². The van der Waals surface area contributed by atoms with Crippen LogP contribution in [0.15, 0.2) is 33.8 Å². The number of amides is 2. The SMILES string of the molecule is COCCCNC(=O)CC(=O)N/N=C\c1cccc(Br)c1. The van der Waals surface area contributed by atoms with Gasteiger partial charge in [0.2, 0.25) is 11.8 Å². The van der Waals surface area contributed by atoms with Crippen LogP contribution in [-0.2, 0) is 14.3 Å². The third-order valence-corrected chi connectivity index (χ3v) is 2.91. The maximum absolute atomic E-state index is 11.5. The van der Waals surface area contributed by atoms with Crippen LogP contribution in [0.4, 0.5) is 0 Å². The van der Waals surface area contributed by atoms with Crippen molar-refractivity contribution >= 4 is 34.0 Å². The van der Waals surface area contributed by atoms with Crippen LogP contribution in [0.5, 0.6) is 0 Å². The molecule has 0 radical (unpaired) electrons. The minimum Gasteiger partial charge on any atom is -0.385 e. The van der Waals surface area contributed by atoms with Crippen LogP contribution in [0.3, 0.4) is 0 Å². The molecule has 21 heavy (non-hydrogen) atoms. The van der Waals surface area contributed by atoms with Gasteiger partial charge in [0.15, 0.2) is 0 Å². The summed E-state index contributed by atoms with van der Waals surface area (Å²) < 4.78 is 5.78. The van der Waals surface area contributed by atoms with Crippen molar-refractivity contribution in [1.29, 1.82) is 0 Å². The van der Waals surface area contributed by atoms with E-state index in [4.69, 9.17) is 4.74 Å². The molecule has 0 atom stereocenters. The molecule has 0 aromatic heterocycles. The molecule has 0 spiro atoms. The molecule has 2 amide bonds. The van der Waals surface area contributed by atoms with Crippen LogP contribution in [0.2, 0.25) is 0 Å². The van der Waals surface area contributed by atoms with Crippen molar-refractivity contribution < 1.29 is 14.3 Å². The fraction of sp³-hybridized carbons (Fsp3) is 0.357. The highest BCUT2D eigenvalue weighted by Gasteiger charge is 2.07. The minimum atomic E-state index is -0.453. The highest BCUT2D eigenvalue weighted by atomic mass is 79.9. The second-order valence-corrected chi connectivity index (χ2v) is 5.14. The summed E-state index contributed by atoms with van der Waals surface area (Å²) in [6, 6.07) is 7.46. The average molecular weight is 356 g/mol. The molecular weight excluding hydrogens is 338 g/mol. The lowest BCUT2D eigenvalue weighted by Gasteiger charge is -2.03. The predicted molar refractivity (Wildman–Crippen MR) is 84.0 cm³/mol. The van der Waals surface area contributed by atoms with E-state index in [0.717, 1.165) is 10.0 Å². The molecular formula is C14H18BrN3O3. The van der Waals surface area contributed by atoms with Gasteiger partial charge in [-0.3, -0.25) is 9.59 Å². The Morgan fingerprint density at radius 2 is 2.19 bits per heavy atom. The van der Waals surface area contributed by atoms with E-state index in [9.17, 15) is 9.59 Å². The number of methoxy groups -OCH3 is 1. The number of carbonyl (C=O) groups excluding carboxylic acids is 2. The van der Waals surface area contributed by atoms with Gasteiger partial charge in [0, 0.05) is 24.7 Å². The molecule has 0 saturated carbocycles. The number of hydrogen-bond donors (Lipinski definition) is 2. The van der Waals surface area contributed by atoms with Gasteiger partial charge < -0.3 is 10.1 Å². The van der Waals surface area contributed by atoms with Crippen molar-refractivity contribution in [2.45, 2.75) is 12.8 Å². The zero-order valence-electron chi connectivity index (χ0n) is 11.8. The van der Waals surface area contributed by atoms with E-state index in [1.54, 1.807) is 7.11 Å².